The first-order valence-corrected chi connectivity index (χ1v) is 9.62. The summed E-state index contributed by atoms with van der Waals surface area (Å²) >= 11 is 10.8. The molecule has 6 heteroatoms. The van der Waals surface area contributed by atoms with Crippen LogP contribution in [0.1, 0.15) is 51.4 Å². The van der Waals surface area contributed by atoms with Gasteiger partial charge in [0.05, 0.1) is 0 Å². The quantitative estimate of drug-likeness (QED) is 0.457. The van der Waals surface area contributed by atoms with Crippen molar-refractivity contribution in [3.8, 4) is 0 Å². The van der Waals surface area contributed by atoms with Gasteiger partial charge in [-0.05, 0) is 86.6 Å². The van der Waals surface area contributed by atoms with E-state index in [1.54, 1.807) is 0 Å². The first kappa shape index (κ1) is 14.9. The SMILES string of the molecule is S=C(NNC(=S)N[C@@H]1C[C@H]2CC[C@H]1C2)N[C@@H]1C[C@H]2CC[C@H]1C2. The maximum atomic E-state index is 5.39. The third-order valence-electron chi connectivity index (χ3n) is 6.40. The molecule has 0 aromatic rings. The van der Waals surface area contributed by atoms with Crippen LogP contribution in [0.2, 0.25) is 0 Å². The summed E-state index contributed by atoms with van der Waals surface area (Å²) in [6.45, 7) is 0. The molecule has 0 aromatic carbocycles. The highest BCUT2D eigenvalue weighted by atomic mass is 32.1. The number of rotatable bonds is 2. The number of nitrogens with one attached hydrogen (secondary N) is 4. The van der Waals surface area contributed by atoms with E-state index < -0.39 is 0 Å². The van der Waals surface area contributed by atoms with Crippen LogP contribution in [0.4, 0.5) is 0 Å². The summed E-state index contributed by atoms with van der Waals surface area (Å²) in [4.78, 5) is 0. The summed E-state index contributed by atoms with van der Waals surface area (Å²) in [5, 5.41) is 8.26. The molecule has 22 heavy (non-hydrogen) atoms. The van der Waals surface area contributed by atoms with Crippen molar-refractivity contribution in [1.82, 2.24) is 21.5 Å². The van der Waals surface area contributed by atoms with Crippen LogP contribution in [0, 0.1) is 23.7 Å². The van der Waals surface area contributed by atoms with Gasteiger partial charge in [-0.15, -0.1) is 0 Å². The van der Waals surface area contributed by atoms with Crippen molar-refractivity contribution >= 4 is 34.7 Å². The molecule has 0 radical (unpaired) electrons. The van der Waals surface area contributed by atoms with Crippen LogP contribution >= 0.6 is 24.4 Å². The Labute approximate surface area is 143 Å². The molecule has 0 amide bonds. The van der Waals surface area contributed by atoms with Gasteiger partial charge in [0.25, 0.3) is 0 Å². The molecule has 4 bridgehead atoms. The number of hydrogen-bond acceptors (Lipinski definition) is 2. The molecule has 122 valence electrons. The van der Waals surface area contributed by atoms with Gasteiger partial charge in [0.2, 0.25) is 0 Å². The molecule has 0 aromatic heterocycles. The molecule has 4 fully saturated rings. The van der Waals surface area contributed by atoms with Gasteiger partial charge in [0.15, 0.2) is 10.2 Å². The minimum Gasteiger partial charge on any atom is -0.358 e. The molecule has 0 unspecified atom stereocenters. The van der Waals surface area contributed by atoms with Crippen LogP contribution in [0.5, 0.6) is 0 Å². The second kappa shape index (κ2) is 6.11. The van der Waals surface area contributed by atoms with E-state index in [1.165, 1.54) is 51.4 Å². The molecule has 4 nitrogen and oxygen atoms in total. The van der Waals surface area contributed by atoms with Gasteiger partial charge in [-0.1, -0.05) is 12.8 Å². The summed E-state index contributed by atoms with van der Waals surface area (Å²) in [5.41, 5.74) is 6.11. The van der Waals surface area contributed by atoms with Gasteiger partial charge in [0, 0.05) is 12.1 Å². The molecule has 4 aliphatic carbocycles. The largest absolute Gasteiger partial charge is 0.358 e. The molecule has 0 saturated heterocycles. The lowest BCUT2D eigenvalue weighted by Gasteiger charge is -2.26. The van der Waals surface area contributed by atoms with Gasteiger partial charge >= 0.3 is 0 Å². The van der Waals surface area contributed by atoms with Crippen molar-refractivity contribution in [2.75, 3.05) is 0 Å². The standard InChI is InChI=1S/C16H26N4S2/c21-15(17-13-7-9-1-3-11(13)5-9)19-20-16(22)18-14-8-10-2-4-12(14)6-10/h9-14H,1-8H2,(H2,17,19,21)(H2,18,20,22)/t9-,10-,11-,12-,13+,14+/m0/s1. The third-order valence-corrected chi connectivity index (χ3v) is 6.84. The van der Waals surface area contributed by atoms with E-state index in [9.17, 15) is 0 Å². The molecule has 4 N–H and O–H groups in total. The summed E-state index contributed by atoms with van der Waals surface area (Å²) < 4.78 is 0. The summed E-state index contributed by atoms with van der Waals surface area (Å²) in [5.74, 6) is 3.50. The van der Waals surface area contributed by atoms with Crippen LogP contribution < -0.4 is 21.5 Å². The molecule has 6 atom stereocenters. The fourth-order valence-electron chi connectivity index (χ4n) is 5.37. The summed E-state index contributed by atoms with van der Waals surface area (Å²) in [6.07, 6.45) is 10.9. The van der Waals surface area contributed by atoms with E-state index in [1.807, 2.05) is 0 Å². The Balaban J connectivity index is 1.16. The maximum Gasteiger partial charge on any atom is 0.185 e. The minimum atomic E-state index is 0.563. The average molecular weight is 339 g/mol. The Hall–Kier alpha value is -0.620. The highest BCUT2D eigenvalue weighted by Gasteiger charge is 2.40. The highest BCUT2D eigenvalue weighted by Crippen LogP contribution is 2.45. The number of thiocarbonyl (C=S) groups is 2. The maximum absolute atomic E-state index is 5.39. The van der Waals surface area contributed by atoms with Crippen molar-refractivity contribution in [2.24, 2.45) is 23.7 Å². The Morgan fingerprint density at radius 1 is 0.636 bits per heavy atom. The fourth-order valence-corrected chi connectivity index (χ4v) is 5.77. The zero-order chi connectivity index (χ0) is 15.1. The molecule has 0 heterocycles. The van der Waals surface area contributed by atoms with Crippen molar-refractivity contribution in [3.63, 3.8) is 0 Å². The van der Waals surface area contributed by atoms with Gasteiger partial charge in [0.1, 0.15) is 0 Å². The van der Waals surface area contributed by atoms with Crippen molar-refractivity contribution in [2.45, 2.75) is 63.5 Å². The predicted octanol–water partition coefficient (Wildman–Crippen LogP) is 2.21. The Kier molecular flexibility index (Phi) is 4.15. The van der Waals surface area contributed by atoms with E-state index in [4.69, 9.17) is 24.4 Å². The summed E-state index contributed by atoms with van der Waals surface area (Å²) in [6, 6.07) is 1.13. The van der Waals surface area contributed by atoms with Crippen LogP contribution in [-0.4, -0.2) is 22.3 Å². The predicted molar refractivity (Wildman–Crippen MR) is 96.2 cm³/mol. The molecule has 4 rings (SSSR count). The van der Waals surface area contributed by atoms with E-state index in [-0.39, 0.29) is 0 Å². The Morgan fingerprint density at radius 2 is 1.09 bits per heavy atom. The van der Waals surface area contributed by atoms with Gasteiger partial charge in [-0.25, -0.2) is 0 Å². The van der Waals surface area contributed by atoms with Crippen LogP contribution in [0.15, 0.2) is 0 Å². The fraction of sp³-hybridized carbons (Fsp3) is 0.875. The van der Waals surface area contributed by atoms with Crippen molar-refractivity contribution < 1.29 is 0 Å². The second-order valence-electron chi connectivity index (χ2n) is 7.76. The smallest absolute Gasteiger partial charge is 0.185 e. The van der Waals surface area contributed by atoms with Crippen LogP contribution in [-0.2, 0) is 0 Å². The Bertz CT molecular complexity index is 427. The number of hydrazine groups is 1. The topological polar surface area (TPSA) is 48.1 Å². The molecule has 4 saturated carbocycles. The van der Waals surface area contributed by atoms with Gasteiger partial charge in [-0.3, -0.25) is 10.9 Å². The minimum absolute atomic E-state index is 0.563. The average Bonchev–Trinajstić information content (AvgIpc) is 3.25. The van der Waals surface area contributed by atoms with Crippen molar-refractivity contribution in [1.29, 1.82) is 0 Å². The first-order chi connectivity index (χ1) is 10.7. The zero-order valence-corrected chi connectivity index (χ0v) is 14.6. The van der Waals surface area contributed by atoms with Crippen molar-refractivity contribution in [3.05, 3.63) is 0 Å². The lowest BCUT2D eigenvalue weighted by molar-refractivity contribution is 0.385. The van der Waals surface area contributed by atoms with E-state index in [2.05, 4.69) is 21.5 Å². The summed E-state index contributed by atoms with van der Waals surface area (Å²) in [7, 11) is 0. The van der Waals surface area contributed by atoms with E-state index in [0.29, 0.717) is 22.3 Å². The van der Waals surface area contributed by atoms with E-state index in [0.717, 1.165) is 23.7 Å². The molecular weight excluding hydrogens is 312 g/mol. The normalized spacial score (nSPS) is 41.5. The van der Waals surface area contributed by atoms with Gasteiger partial charge in [-0.2, -0.15) is 0 Å². The molecular formula is C16H26N4S2. The first-order valence-electron chi connectivity index (χ1n) is 8.80. The van der Waals surface area contributed by atoms with Crippen LogP contribution in [0.3, 0.4) is 0 Å². The number of hydrogen-bond donors (Lipinski definition) is 4. The molecule has 0 aliphatic heterocycles. The van der Waals surface area contributed by atoms with Gasteiger partial charge < -0.3 is 10.6 Å². The zero-order valence-electron chi connectivity index (χ0n) is 12.9. The third kappa shape index (κ3) is 3.04. The highest BCUT2D eigenvalue weighted by molar-refractivity contribution is 7.80. The lowest BCUT2D eigenvalue weighted by atomic mass is 9.95. The lowest BCUT2D eigenvalue weighted by Crippen LogP contribution is -2.54. The molecule has 0 spiro atoms. The second-order valence-corrected chi connectivity index (χ2v) is 8.58. The van der Waals surface area contributed by atoms with E-state index >= 15 is 0 Å². The monoisotopic (exact) mass is 338 g/mol. The Morgan fingerprint density at radius 3 is 1.41 bits per heavy atom. The van der Waals surface area contributed by atoms with Crippen LogP contribution in [0.25, 0.3) is 0 Å². The number of fused-ring (bicyclic) bond motifs is 4. The molecule has 4 aliphatic rings.